The summed E-state index contributed by atoms with van der Waals surface area (Å²) in [4.78, 5) is 11.4. The van der Waals surface area contributed by atoms with Gasteiger partial charge < -0.3 is 15.8 Å². The van der Waals surface area contributed by atoms with Crippen molar-refractivity contribution in [3.05, 3.63) is 29.8 Å². The molecule has 0 saturated carbocycles. The Morgan fingerprint density at radius 3 is 3.00 bits per heavy atom. The van der Waals surface area contributed by atoms with E-state index in [-0.39, 0.29) is 5.91 Å². The molecule has 0 bridgehead atoms. The summed E-state index contributed by atoms with van der Waals surface area (Å²) < 4.78 is 4.84. The fourth-order valence-corrected chi connectivity index (χ4v) is 1.39. The van der Waals surface area contributed by atoms with Crippen molar-refractivity contribution >= 4 is 11.6 Å². The van der Waals surface area contributed by atoms with E-state index in [1.54, 1.807) is 7.11 Å². The lowest BCUT2D eigenvalue weighted by atomic mass is 10.1. The number of aryl methyl sites for hydroxylation is 1. The minimum atomic E-state index is 0.0412. The molecule has 0 unspecified atom stereocenters. The second-order valence-electron chi connectivity index (χ2n) is 3.59. The first-order valence-corrected chi connectivity index (χ1v) is 5.32. The summed E-state index contributed by atoms with van der Waals surface area (Å²) in [5, 5.41) is 2.77. The van der Waals surface area contributed by atoms with Gasteiger partial charge in [0.1, 0.15) is 0 Å². The molecule has 0 atom stereocenters. The summed E-state index contributed by atoms with van der Waals surface area (Å²) in [5.41, 5.74) is 7.46. The zero-order chi connectivity index (χ0) is 11.8. The number of nitrogens with one attached hydrogen (secondary N) is 1. The molecule has 1 amide bonds. The molecule has 88 valence electrons. The highest BCUT2D eigenvalue weighted by Crippen LogP contribution is 2.08. The van der Waals surface area contributed by atoms with E-state index in [2.05, 4.69) is 5.32 Å². The Morgan fingerprint density at radius 2 is 2.31 bits per heavy atom. The average Bonchev–Trinajstić information content (AvgIpc) is 2.27. The molecule has 0 aliphatic rings. The van der Waals surface area contributed by atoms with Crippen molar-refractivity contribution in [1.29, 1.82) is 0 Å². The Hall–Kier alpha value is -1.55. The van der Waals surface area contributed by atoms with Gasteiger partial charge in [0.05, 0.1) is 6.61 Å². The summed E-state index contributed by atoms with van der Waals surface area (Å²) in [7, 11) is 1.61. The molecule has 0 aromatic heterocycles. The molecule has 0 spiro atoms. The summed E-state index contributed by atoms with van der Waals surface area (Å²) in [6, 6.07) is 7.59. The van der Waals surface area contributed by atoms with Gasteiger partial charge in [0.2, 0.25) is 5.91 Å². The molecule has 0 saturated heterocycles. The standard InChI is InChI=1S/C12H18N2O2/c1-16-8-7-14-12(15)6-5-10-3-2-4-11(13)9-10/h2-4,9H,5-8,13H2,1H3,(H,14,15). The van der Waals surface area contributed by atoms with E-state index in [4.69, 9.17) is 10.5 Å². The van der Waals surface area contributed by atoms with E-state index in [1.165, 1.54) is 0 Å². The van der Waals surface area contributed by atoms with Gasteiger partial charge in [-0.25, -0.2) is 0 Å². The summed E-state index contributed by atoms with van der Waals surface area (Å²) in [5.74, 6) is 0.0412. The van der Waals surface area contributed by atoms with Crippen molar-refractivity contribution in [1.82, 2.24) is 5.32 Å². The molecule has 4 heteroatoms. The fourth-order valence-electron chi connectivity index (χ4n) is 1.39. The third kappa shape index (κ3) is 4.79. The Balaban J connectivity index is 2.26. The smallest absolute Gasteiger partial charge is 0.220 e. The number of methoxy groups -OCH3 is 1. The molecule has 16 heavy (non-hydrogen) atoms. The van der Waals surface area contributed by atoms with Gasteiger partial charge in [0.15, 0.2) is 0 Å². The SMILES string of the molecule is COCCNC(=O)CCc1cccc(N)c1. The Kier molecular flexibility index (Phi) is 5.36. The number of hydrogen-bond donors (Lipinski definition) is 2. The molecule has 1 aromatic rings. The summed E-state index contributed by atoms with van der Waals surface area (Å²) >= 11 is 0. The van der Waals surface area contributed by atoms with Crippen LogP contribution >= 0.6 is 0 Å². The minimum absolute atomic E-state index is 0.0412. The minimum Gasteiger partial charge on any atom is -0.399 e. The van der Waals surface area contributed by atoms with E-state index in [0.717, 1.165) is 11.3 Å². The normalized spacial score (nSPS) is 10.1. The molecular weight excluding hydrogens is 204 g/mol. The van der Waals surface area contributed by atoms with Crippen LogP contribution < -0.4 is 11.1 Å². The second-order valence-corrected chi connectivity index (χ2v) is 3.59. The van der Waals surface area contributed by atoms with E-state index >= 15 is 0 Å². The van der Waals surface area contributed by atoms with Crippen molar-refractivity contribution in [3.63, 3.8) is 0 Å². The van der Waals surface area contributed by atoms with E-state index in [9.17, 15) is 4.79 Å². The number of benzene rings is 1. The van der Waals surface area contributed by atoms with Gasteiger partial charge in [-0.2, -0.15) is 0 Å². The van der Waals surface area contributed by atoms with Gasteiger partial charge in [0.25, 0.3) is 0 Å². The van der Waals surface area contributed by atoms with Crippen LogP contribution in [0.1, 0.15) is 12.0 Å². The molecule has 0 aliphatic carbocycles. The number of carbonyl (C=O) groups is 1. The van der Waals surface area contributed by atoms with Crippen LogP contribution in [0.25, 0.3) is 0 Å². The highest BCUT2D eigenvalue weighted by atomic mass is 16.5. The van der Waals surface area contributed by atoms with Gasteiger partial charge in [0, 0.05) is 25.8 Å². The molecule has 1 aromatic carbocycles. The van der Waals surface area contributed by atoms with Crippen molar-refractivity contribution in [3.8, 4) is 0 Å². The van der Waals surface area contributed by atoms with Crippen LogP contribution in [0.2, 0.25) is 0 Å². The largest absolute Gasteiger partial charge is 0.399 e. The van der Waals surface area contributed by atoms with Crippen LogP contribution in [-0.4, -0.2) is 26.2 Å². The molecule has 0 heterocycles. The van der Waals surface area contributed by atoms with Crippen LogP contribution in [0, 0.1) is 0 Å². The Labute approximate surface area is 95.8 Å². The van der Waals surface area contributed by atoms with E-state index < -0.39 is 0 Å². The lowest BCUT2D eigenvalue weighted by Gasteiger charge is -2.05. The number of nitrogens with two attached hydrogens (primary N) is 1. The summed E-state index contributed by atoms with van der Waals surface area (Å²) in [6.07, 6.45) is 1.19. The van der Waals surface area contributed by atoms with Crippen molar-refractivity contribution in [2.75, 3.05) is 26.0 Å². The monoisotopic (exact) mass is 222 g/mol. The van der Waals surface area contributed by atoms with Crippen molar-refractivity contribution in [2.45, 2.75) is 12.8 Å². The zero-order valence-electron chi connectivity index (χ0n) is 9.53. The number of rotatable bonds is 6. The molecule has 3 N–H and O–H groups in total. The predicted molar refractivity (Wildman–Crippen MR) is 64.1 cm³/mol. The topological polar surface area (TPSA) is 64.3 Å². The Bertz CT molecular complexity index is 340. The summed E-state index contributed by atoms with van der Waals surface area (Å²) in [6.45, 7) is 1.11. The maximum absolute atomic E-state index is 11.4. The average molecular weight is 222 g/mol. The first-order chi connectivity index (χ1) is 7.72. The molecular formula is C12H18N2O2. The maximum atomic E-state index is 11.4. The van der Waals surface area contributed by atoms with Crippen molar-refractivity contribution < 1.29 is 9.53 Å². The van der Waals surface area contributed by atoms with Crippen LogP contribution in [0.4, 0.5) is 5.69 Å². The van der Waals surface area contributed by atoms with Crippen LogP contribution in [0.3, 0.4) is 0 Å². The third-order valence-electron chi connectivity index (χ3n) is 2.22. The van der Waals surface area contributed by atoms with Gasteiger partial charge >= 0.3 is 0 Å². The second kappa shape index (κ2) is 6.85. The Morgan fingerprint density at radius 1 is 1.50 bits per heavy atom. The lowest BCUT2D eigenvalue weighted by molar-refractivity contribution is -0.121. The van der Waals surface area contributed by atoms with Gasteiger partial charge in [-0.15, -0.1) is 0 Å². The molecule has 0 aliphatic heterocycles. The van der Waals surface area contributed by atoms with Gasteiger partial charge in [-0.05, 0) is 24.1 Å². The first-order valence-electron chi connectivity index (χ1n) is 5.32. The molecule has 0 radical (unpaired) electrons. The predicted octanol–water partition coefficient (Wildman–Crippen LogP) is 0.964. The molecule has 0 fully saturated rings. The third-order valence-corrected chi connectivity index (χ3v) is 2.22. The van der Waals surface area contributed by atoms with E-state index in [1.807, 2.05) is 24.3 Å². The van der Waals surface area contributed by atoms with Crippen molar-refractivity contribution in [2.24, 2.45) is 0 Å². The fraction of sp³-hybridized carbons (Fsp3) is 0.417. The maximum Gasteiger partial charge on any atom is 0.220 e. The number of hydrogen-bond acceptors (Lipinski definition) is 3. The molecule has 1 rings (SSSR count). The van der Waals surface area contributed by atoms with Crippen LogP contribution in [0.5, 0.6) is 0 Å². The number of amides is 1. The number of anilines is 1. The highest BCUT2D eigenvalue weighted by molar-refractivity contribution is 5.76. The highest BCUT2D eigenvalue weighted by Gasteiger charge is 2.01. The zero-order valence-corrected chi connectivity index (χ0v) is 9.53. The number of ether oxygens (including phenoxy) is 1. The van der Waals surface area contributed by atoms with Gasteiger partial charge in [-0.3, -0.25) is 4.79 Å². The van der Waals surface area contributed by atoms with Crippen LogP contribution in [0.15, 0.2) is 24.3 Å². The first kappa shape index (κ1) is 12.5. The molecule has 4 nitrogen and oxygen atoms in total. The quantitative estimate of drug-likeness (QED) is 0.556. The number of carbonyl (C=O) groups excluding carboxylic acids is 1. The van der Waals surface area contributed by atoms with Gasteiger partial charge in [-0.1, -0.05) is 12.1 Å². The van der Waals surface area contributed by atoms with Crippen LogP contribution in [-0.2, 0) is 16.0 Å². The number of nitrogen functional groups attached to an aromatic ring is 1. The lowest BCUT2D eigenvalue weighted by Crippen LogP contribution is -2.27. The van der Waals surface area contributed by atoms with E-state index in [0.29, 0.717) is 26.0 Å².